The van der Waals surface area contributed by atoms with E-state index in [4.69, 9.17) is 16.7 Å². The van der Waals surface area contributed by atoms with E-state index in [1.54, 1.807) is 6.26 Å². The Morgan fingerprint density at radius 3 is 2.74 bits per heavy atom. The zero-order chi connectivity index (χ0) is 14.4. The Morgan fingerprint density at radius 1 is 1.53 bits per heavy atom. The summed E-state index contributed by atoms with van der Waals surface area (Å²) in [4.78, 5) is 32.2. The van der Waals surface area contributed by atoms with E-state index in [9.17, 15) is 9.59 Å². The van der Waals surface area contributed by atoms with Crippen LogP contribution in [-0.4, -0.2) is 51.2 Å². The van der Waals surface area contributed by atoms with Crippen molar-refractivity contribution in [2.24, 2.45) is 0 Å². The van der Waals surface area contributed by atoms with Gasteiger partial charge in [0.2, 0.25) is 0 Å². The molecule has 0 aliphatic carbocycles. The van der Waals surface area contributed by atoms with E-state index >= 15 is 0 Å². The minimum absolute atomic E-state index is 0.0377. The number of carboxylic acids is 1. The molecule has 0 bridgehead atoms. The lowest BCUT2D eigenvalue weighted by molar-refractivity contribution is -0.137. The fourth-order valence-electron chi connectivity index (χ4n) is 1.43. The summed E-state index contributed by atoms with van der Waals surface area (Å²) >= 11 is 7.18. The predicted molar refractivity (Wildman–Crippen MR) is 72.7 cm³/mol. The van der Waals surface area contributed by atoms with Crippen LogP contribution in [0.2, 0.25) is 5.02 Å². The van der Waals surface area contributed by atoms with E-state index in [1.165, 1.54) is 22.9 Å². The summed E-state index contributed by atoms with van der Waals surface area (Å²) < 4.78 is 0. The van der Waals surface area contributed by atoms with Crippen LogP contribution in [0, 0.1) is 0 Å². The van der Waals surface area contributed by atoms with Gasteiger partial charge in [-0.1, -0.05) is 30.3 Å². The third-order valence-corrected chi connectivity index (χ3v) is 3.05. The molecule has 1 N–H and O–H groups in total. The second kappa shape index (κ2) is 7.30. The van der Waals surface area contributed by atoms with Crippen LogP contribution in [0.4, 0.5) is 0 Å². The number of thioether (sulfide) groups is 1. The van der Waals surface area contributed by atoms with Crippen molar-refractivity contribution in [1.29, 1.82) is 0 Å². The summed E-state index contributed by atoms with van der Waals surface area (Å²) in [5.41, 5.74) is 0.0377. The van der Waals surface area contributed by atoms with Crippen molar-refractivity contribution < 1.29 is 14.7 Å². The minimum atomic E-state index is -1.07. The molecule has 19 heavy (non-hydrogen) atoms. The van der Waals surface area contributed by atoms with Gasteiger partial charge in [-0.25, -0.2) is 9.97 Å². The van der Waals surface area contributed by atoms with Gasteiger partial charge in [0, 0.05) is 6.54 Å². The topological polar surface area (TPSA) is 83.4 Å². The Bertz CT molecular complexity index is 484. The van der Waals surface area contributed by atoms with Gasteiger partial charge in [-0.05, 0) is 12.7 Å². The minimum Gasteiger partial charge on any atom is -0.480 e. The maximum atomic E-state index is 12.2. The molecule has 0 fully saturated rings. The highest BCUT2D eigenvalue weighted by molar-refractivity contribution is 7.98. The van der Waals surface area contributed by atoms with E-state index < -0.39 is 11.9 Å². The van der Waals surface area contributed by atoms with E-state index in [0.717, 1.165) is 0 Å². The molecule has 0 saturated carbocycles. The number of carboxylic acid groups (broad SMARTS) is 1. The van der Waals surface area contributed by atoms with Crippen LogP contribution < -0.4 is 0 Å². The van der Waals surface area contributed by atoms with Crippen molar-refractivity contribution in [1.82, 2.24) is 14.9 Å². The molecule has 0 spiro atoms. The van der Waals surface area contributed by atoms with Crippen LogP contribution in [-0.2, 0) is 4.79 Å². The molecule has 1 aromatic rings. The number of carbonyl (C=O) groups is 2. The van der Waals surface area contributed by atoms with Crippen LogP contribution in [0.15, 0.2) is 11.4 Å². The van der Waals surface area contributed by atoms with Crippen molar-refractivity contribution in [3.63, 3.8) is 0 Å². The van der Waals surface area contributed by atoms with Crippen LogP contribution in [0.3, 0.4) is 0 Å². The van der Waals surface area contributed by atoms with Gasteiger partial charge >= 0.3 is 5.97 Å². The van der Waals surface area contributed by atoms with Gasteiger partial charge in [0.15, 0.2) is 10.9 Å². The first-order valence-electron chi connectivity index (χ1n) is 5.57. The molecule has 1 aromatic heterocycles. The van der Waals surface area contributed by atoms with Gasteiger partial charge in [0.1, 0.15) is 6.54 Å². The molecule has 8 heteroatoms. The molecule has 104 valence electrons. The molecule has 0 unspecified atom stereocenters. The van der Waals surface area contributed by atoms with Gasteiger partial charge in [0.05, 0.1) is 11.2 Å². The monoisotopic (exact) mass is 303 g/mol. The van der Waals surface area contributed by atoms with Gasteiger partial charge < -0.3 is 10.0 Å². The van der Waals surface area contributed by atoms with E-state index in [1.807, 2.05) is 6.92 Å². The summed E-state index contributed by atoms with van der Waals surface area (Å²) in [6.07, 6.45) is 3.77. The lowest BCUT2D eigenvalue weighted by Crippen LogP contribution is -2.37. The number of rotatable bonds is 6. The number of hydrogen-bond donors (Lipinski definition) is 1. The molecule has 0 atom stereocenters. The molecular weight excluding hydrogens is 290 g/mol. The quantitative estimate of drug-likeness (QED) is 0.637. The van der Waals surface area contributed by atoms with Crippen molar-refractivity contribution in [3.05, 3.63) is 16.9 Å². The summed E-state index contributed by atoms with van der Waals surface area (Å²) in [7, 11) is 0. The number of halogens is 1. The fraction of sp³-hybridized carbons (Fsp3) is 0.455. The molecular formula is C11H14ClN3O3S. The Kier molecular flexibility index (Phi) is 6.04. The average molecular weight is 304 g/mol. The number of carbonyl (C=O) groups excluding carboxylic acids is 1. The summed E-state index contributed by atoms with van der Waals surface area (Å²) in [6.45, 7) is 1.82. The average Bonchev–Trinajstić information content (AvgIpc) is 2.37. The highest BCUT2D eigenvalue weighted by Crippen LogP contribution is 2.18. The van der Waals surface area contributed by atoms with Gasteiger partial charge in [-0.3, -0.25) is 9.59 Å². The Morgan fingerprint density at radius 2 is 2.21 bits per heavy atom. The van der Waals surface area contributed by atoms with Gasteiger partial charge in [-0.15, -0.1) is 0 Å². The third kappa shape index (κ3) is 4.36. The summed E-state index contributed by atoms with van der Waals surface area (Å²) in [5, 5.41) is 9.35. The predicted octanol–water partition coefficient (Wildman–Crippen LogP) is 1.79. The first kappa shape index (κ1) is 15.7. The molecule has 0 saturated heterocycles. The number of nitrogens with zero attached hydrogens (tertiary/aromatic N) is 3. The van der Waals surface area contributed by atoms with Gasteiger partial charge in [-0.2, -0.15) is 0 Å². The normalized spacial score (nSPS) is 10.3. The van der Waals surface area contributed by atoms with Crippen LogP contribution in [0.25, 0.3) is 0 Å². The zero-order valence-electron chi connectivity index (χ0n) is 10.6. The maximum Gasteiger partial charge on any atom is 0.323 e. The molecule has 1 heterocycles. The van der Waals surface area contributed by atoms with Crippen molar-refractivity contribution in [2.75, 3.05) is 19.3 Å². The fourth-order valence-corrected chi connectivity index (χ4v) is 1.95. The van der Waals surface area contributed by atoms with E-state index in [2.05, 4.69) is 9.97 Å². The Balaban J connectivity index is 3.04. The largest absolute Gasteiger partial charge is 0.480 e. The summed E-state index contributed by atoms with van der Waals surface area (Å²) in [6, 6.07) is 0. The van der Waals surface area contributed by atoms with Crippen molar-refractivity contribution in [3.8, 4) is 0 Å². The van der Waals surface area contributed by atoms with E-state index in [-0.39, 0.29) is 17.3 Å². The lowest BCUT2D eigenvalue weighted by Gasteiger charge is -2.19. The number of aromatic nitrogens is 2. The molecule has 6 nitrogen and oxygen atoms in total. The van der Waals surface area contributed by atoms with E-state index in [0.29, 0.717) is 18.1 Å². The maximum absolute atomic E-state index is 12.2. The molecule has 1 rings (SSSR count). The SMILES string of the molecule is CCCN(CC(=O)O)C(=O)c1nc(SC)ncc1Cl. The van der Waals surface area contributed by atoms with Crippen LogP contribution in [0.5, 0.6) is 0 Å². The first-order chi connectivity index (χ1) is 8.99. The Hall–Kier alpha value is -1.34. The molecule has 0 aromatic carbocycles. The summed E-state index contributed by atoms with van der Waals surface area (Å²) in [5.74, 6) is -1.57. The highest BCUT2D eigenvalue weighted by Gasteiger charge is 2.22. The van der Waals surface area contributed by atoms with Crippen molar-refractivity contribution in [2.45, 2.75) is 18.5 Å². The second-order valence-corrected chi connectivity index (χ2v) is 4.85. The number of amides is 1. The molecule has 0 aliphatic rings. The van der Waals surface area contributed by atoms with Crippen LogP contribution in [0.1, 0.15) is 23.8 Å². The Labute approximate surface area is 120 Å². The van der Waals surface area contributed by atoms with Crippen molar-refractivity contribution >= 4 is 35.2 Å². The zero-order valence-corrected chi connectivity index (χ0v) is 12.2. The second-order valence-electron chi connectivity index (χ2n) is 3.67. The van der Waals surface area contributed by atoms with Crippen LogP contribution >= 0.6 is 23.4 Å². The highest BCUT2D eigenvalue weighted by atomic mass is 35.5. The van der Waals surface area contributed by atoms with Gasteiger partial charge in [0.25, 0.3) is 5.91 Å². The lowest BCUT2D eigenvalue weighted by atomic mass is 10.3. The smallest absolute Gasteiger partial charge is 0.323 e. The number of aliphatic carboxylic acids is 1. The number of hydrogen-bond acceptors (Lipinski definition) is 5. The molecule has 0 radical (unpaired) electrons. The molecule has 1 amide bonds. The standard InChI is InChI=1S/C11H14ClN3O3S/c1-3-4-15(6-8(16)17)10(18)9-7(12)5-13-11(14-9)19-2/h5H,3-4,6H2,1-2H3,(H,16,17). The molecule has 0 aliphatic heterocycles. The third-order valence-electron chi connectivity index (χ3n) is 2.21. The first-order valence-corrected chi connectivity index (χ1v) is 7.17.